The standard InChI is InChI=1S/C18H31N3O2.HI/c1-5-22-11-7-10-20-18(19-4)21-13-16-8-6-9-17(12-16)23-14-15(2)3;/h6,8-9,12,15H,5,7,10-11,13-14H2,1-4H3,(H2,19,20,21);1H. The second-order valence-corrected chi connectivity index (χ2v) is 5.76. The molecule has 0 radical (unpaired) electrons. The van der Waals surface area contributed by atoms with Gasteiger partial charge < -0.3 is 20.1 Å². The van der Waals surface area contributed by atoms with E-state index in [-0.39, 0.29) is 24.0 Å². The van der Waals surface area contributed by atoms with E-state index >= 15 is 0 Å². The van der Waals surface area contributed by atoms with Crippen LogP contribution in [-0.2, 0) is 11.3 Å². The Balaban J connectivity index is 0.00000529. The largest absolute Gasteiger partial charge is 0.493 e. The van der Waals surface area contributed by atoms with Crippen molar-refractivity contribution in [3.8, 4) is 5.75 Å². The average molecular weight is 449 g/mol. The lowest BCUT2D eigenvalue weighted by molar-refractivity contribution is 0.145. The summed E-state index contributed by atoms with van der Waals surface area (Å²) >= 11 is 0. The summed E-state index contributed by atoms with van der Waals surface area (Å²) in [5, 5.41) is 6.59. The van der Waals surface area contributed by atoms with E-state index in [9.17, 15) is 0 Å². The number of hydrogen-bond acceptors (Lipinski definition) is 3. The number of nitrogens with zero attached hydrogens (tertiary/aromatic N) is 1. The molecule has 0 fully saturated rings. The Bertz CT molecular complexity index is 467. The molecule has 1 rings (SSSR count). The van der Waals surface area contributed by atoms with Crippen LogP contribution < -0.4 is 15.4 Å². The minimum atomic E-state index is 0. The van der Waals surface area contributed by atoms with E-state index in [4.69, 9.17) is 9.47 Å². The van der Waals surface area contributed by atoms with Gasteiger partial charge >= 0.3 is 0 Å². The molecule has 138 valence electrons. The maximum Gasteiger partial charge on any atom is 0.191 e. The molecule has 0 unspecified atom stereocenters. The van der Waals surface area contributed by atoms with Crippen LogP contribution in [-0.4, -0.2) is 39.4 Å². The first-order valence-corrected chi connectivity index (χ1v) is 8.39. The van der Waals surface area contributed by atoms with Crippen molar-refractivity contribution in [2.45, 2.75) is 33.7 Å². The lowest BCUT2D eigenvalue weighted by Crippen LogP contribution is -2.37. The number of nitrogens with one attached hydrogen (secondary N) is 2. The summed E-state index contributed by atoms with van der Waals surface area (Å²) in [6, 6.07) is 8.16. The predicted octanol–water partition coefficient (Wildman–Crippen LogP) is 3.43. The first-order valence-electron chi connectivity index (χ1n) is 8.39. The third-order valence-corrected chi connectivity index (χ3v) is 3.13. The van der Waals surface area contributed by atoms with Gasteiger partial charge in [-0.3, -0.25) is 4.99 Å². The normalized spacial score (nSPS) is 11.1. The summed E-state index contributed by atoms with van der Waals surface area (Å²) in [7, 11) is 1.78. The molecule has 0 atom stereocenters. The van der Waals surface area contributed by atoms with Crippen molar-refractivity contribution in [1.82, 2.24) is 10.6 Å². The van der Waals surface area contributed by atoms with Crippen LogP contribution in [0, 0.1) is 5.92 Å². The summed E-state index contributed by atoms with van der Waals surface area (Å²) in [6.45, 7) is 10.1. The van der Waals surface area contributed by atoms with Crippen LogP contribution in [0.2, 0.25) is 0 Å². The quantitative estimate of drug-likeness (QED) is 0.249. The first-order chi connectivity index (χ1) is 11.2. The zero-order chi connectivity index (χ0) is 16.9. The number of ether oxygens (including phenoxy) is 2. The van der Waals surface area contributed by atoms with Crippen LogP contribution in [0.4, 0.5) is 0 Å². The predicted molar refractivity (Wildman–Crippen MR) is 112 cm³/mol. The van der Waals surface area contributed by atoms with Gasteiger partial charge in [0.25, 0.3) is 0 Å². The van der Waals surface area contributed by atoms with E-state index < -0.39 is 0 Å². The van der Waals surface area contributed by atoms with Crippen LogP contribution in [0.15, 0.2) is 29.3 Å². The highest BCUT2D eigenvalue weighted by Crippen LogP contribution is 2.14. The Morgan fingerprint density at radius 3 is 2.71 bits per heavy atom. The molecule has 0 heterocycles. The fraction of sp³-hybridized carbons (Fsp3) is 0.611. The lowest BCUT2D eigenvalue weighted by atomic mass is 10.2. The Labute approximate surface area is 163 Å². The fourth-order valence-electron chi connectivity index (χ4n) is 1.94. The summed E-state index contributed by atoms with van der Waals surface area (Å²) < 4.78 is 11.1. The average Bonchev–Trinajstić information content (AvgIpc) is 2.56. The molecule has 1 aromatic rings. The SMILES string of the molecule is CCOCCCNC(=NC)NCc1cccc(OCC(C)C)c1.I. The van der Waals surface area contributed by atoms with E-state index in [1.54, 1.807) is 7.05 Å². The number of benzene rings is 1. The molecule has 24 heavy (non-hydrogen) atoms. The van der Waals surface area contributed by atoms with Gasteiger partial charge in [0.15, 0.2) is 5.96 Å². The second-order valence-electron chi connectivity index (χ2n) is 5.76. The number of guanidine groups is 1. The van der Waals surface area contributed by atoms with Gasteiger partial charge in [-0.15, -0.1) is 24.0 Å². The number of aliphatic imine (C=N–C) groups is 1. The molecule has 0 aliphatic rings. The van der Waals surface area contributed by atoms with E-state index in [2.05, 4.69) is 41.6 Å². The molecular formula is C18H32IN3O2. The Hall–Kier alpha value is -1.02. The van der Waals surface area contributed by atoms with Crippen LogP contribution in [0.3, 0.4) is 0 Å². The van der Waals surface area contributed by atoms with Crippen molar-refractivity contribution in [3.63, 3.8) is 0 Å². The van der Waals surface area contributed by atoms with Gasteiger partial charge in [-0.05, 0) is 37.0 Å². The third kappa shape index (κ3) is 10.7. The molecule has 0 amide bonds. The van der Waals surface area contributed by atoms with Crippen LogP contribution >= 0.6 is 24.0 Å². The first kappa shape index (κ1) is 23.0. The zero-order valence-electron chi connectivity index (χ0n) is 15.3. The lowest BCUT2D eigenvalue weighted by Gasteiger charge is -2.13. The summed E-state index contributed by atoms with van der Waals surface area (Å²) in [5.41, 5.74) is 1.17. The molecule has 0 aliphatic carbocycles. The number of rotatable bonds is 10. The fourth-order valence-corrected chi connectivity index (χ4v) is 1.94. The highest BCUT2D eigenvalue weighted by Gasteiger charge is 2.01. The Morgan fingerprint density at radius 2 is 2.04 bits per heavy atom. The topological polar surface area (TPSA) is 54.9 Å². The summed E-state index contributed by atoms with van der Waals surface area (Å²) in [5.74, 6) is 2.24. The molecule has 2 N–H and O–H groups in total. The van der Waals surface area contributed by atoms with Gasteiger partial charge in [0.1, 0.15) is 5.75 Å². The molecule has 1 aromatic carbocycles. The van der Waals surface area contributed by atoms with Gasteiger partial charge in [-0.25, -0.2) is 0 Å². The second kappa shape index (κ2) is 14.3. The minimum Gasteiger partial charge on any atom is -0.493 e. The number of hydrogen-bond donors (Lipinski definition) is 2. The molecule has 0 saturated carbocycles. The molecule has 0 aliphatic heterocycles. The van der Waals surface area contributed by atoms with E-state index in [0.29, 0.717) is 12.5 Å². The molecule has 6 heteroatoms. The van der Waals surface area contributed by atoms with E-state index in [0.717, 1.165) is 44.5 Å². The molecular weight excluding hydrogens is 417 g/mol. The van der Waals surface area contributed by atoms with Gasteiger partial charge in [-0.1, -0.05) is 26.0 Å². The molecule has 0 saturated heterocycles. The van der Waals surface area contributed by atoms with Crippen molar-refractivity contribution in [2.75, 3.05) is 33.4 Å². The van der Waals surface area contributed by atoms with Crippen LogP contribution in [0.25, 0.3) is 0 Å². The van der Waals surface area contributed by atoms with Crippen molar-refractivity contribution >= 4 is 29.9 Å². The molecule has 5 nitrogen and oxygen atoms in total. The Kier molecular flexibility index (Phi) is 13.7. The van der Waals surface area contributed by atoms with E-state index in [1.807, 2.05) is 19.1 Å². The summed E-state index contributed by atoms with van der Waals surface area (Å²) in [6.07, 6.45) is 0.965. The maximum atomic E-state index is 5.76. The van der Waals surface area contributed by atoms with Gasteiger partial charge in [-0.2, -0.15) is 0 Å². The van der Waals surface area contributed by atoms with Gasteiger partial charge in [0, 0.05) is 33.4 Å². The molecule has 0 spiro atoms. The zero-order valence-corrected chi connectivity index (χ0v) is 17.6. The van der Waals surface area contributed by atoms with Crippen molar-refractivity contribution < 1.29 is 9.47 Å². The third-order valence-electron chi connectivity index (χ3n) is 3.13. The monoisotopic (exact) mass is 449 g/mol. The molecule has 0 bridgehead atoms. The smallest absolute Gasteiger partial charge is 0.191 e. The highest BCUT2D eigenvalue weighted by molar-refractivity contribution is 14.0. The van der Waals surface area contributed by atoms with Gasteiger partial charge in [0.05, 0.1) is 6.61 Å². The highest BCUT2D eigenvalue weighted by atomic mass is 127. The number of halogens is 1. The summed E-state index contributed by atoms with van der Waals surface area (Å²) in [4.78, 5) is 4.23. The van der Waals surface area contributed by atoms with Crippen molar-refractivity contribution in [3.05, 3.63) is 29.8 Å². The van der Waals surface area contributed by atoms with E-state index in [1.165, 1.54) is 5.56 Å². The maximum absolute atomic E-state index is 5.76. The molecule has 0 aromatic heterocycles. The van der Waals surface area contributed by atoms with Crippen molar-refractivity contribution in [2.24, 2.45) is 10.9 Å². The van der Waals surface area contributed by atoms with Gasteiger partial charge in [0.2, 0.25) is 0 Å². The minimum absolute atomic E-state index is 0. The van der Waals surface area contributed by atoms with Crippen LogP contribution in [0.5, 0.6) is 5.75 Å². The van der Waals surface area contributed by atoms with Crippen molar-refractivity contribution in [1.29, 1.82) is 0 Å². The van der Waals surface area contributed by atoms with Crippen LogP contribution in [0.1, 0.15) is 32.8 Å². The Morgan fingerprint density at radius 1 is 1.25 bits per heavy atom.